The molecule has 7 heteroatoms. The molecule has 5 nitrogen and oxygen atoms in total. The zero-order valence-corrected chi connectivity index (χ0v) is 18.3. The fraction of sp³-hybridized carbons (Fsp3) is 0.364. The monoisotopic (exact) mass is 425 g/mol. The Labute approximate surface area is 178 Å². The number of carbonyl (C=O) groups is 2. The number of nitrogens with zero attached hydrogens (tertiary/aromatic N) is 3. The molecule has 29 heavy (non-hydrogen) atoms. The van der Waals surface area contributed by atoms with Crippen LogP contribution in [0.3, 0.4) is 0 Å². The van der Waals surface area contributed by atoms with E-state index < -0.39 is 0 Å². The second-order valence-electron chi connectivity index (χ2n) is 7.45. The van der Waals surface area contributed by atoms with Gasteiger partial charge in [0.05, 0.1) is 33.7 Å². The Morgan fingerprint density at radius 3 is 2.59 bits per heavy atom. The van der Waals surface area contributed by atoms with Crippen LogP contribution in [0.15, 0.2) is 35.7 Å². The molecule has 1 saturated heterocycles. The second-order valence-corrected chi connectivity index (χ2v) is 9.59. The summed E-state index contributed by atoms with van der Waals surface area (Å²) >= 11 is 3.12. The second kappa shape index (κ2) is 8.16. The lowest BCUT2D eigenvalue weighted by Crippen LogP contribution is -2.39. The highest BCUT2D eigenvalue weighted by Gasteiger charge is 2.38. The highest BCUT2D eigenvalue weighted by atomic mass is 32.1. The Morgan fingerprint density at radius 1 is 1.17 bits per heavy atom. The number of aryl methyl sites for hydroxylation is 2. The summed E-state index contributed by atoms with van der Waals surface area (Å²) in [6.45, 7) is 6.11. The van der Waals surface area contributed by atoms with Crippen molar-refractivity contribution in [1.29, 1.82) is 0 Å². The van der Waals surface area contributed by atoms with Crippen molar-refractivity contribution in [3.63, 3.8) is 0 Å². The Balaban J connectivity index is 1.50. The molecule has 3 aromatic rings. The molecule has 4 rings (SSSR count). The van der Waals surface area contributed by atoms with E-state index in [0.29, 0.717) is 13.0 Å². The molecule has 150 valence electrons. The number of amides is 1. The van der Waals surface area contributed by atoms with Crippen LogP contribution in [-0.4, -0.2) is 39.1 Å². The molecule has 0 saturated carbocycles. The maximum absolute atomic E-state index is 13.1. The number of likely N-dealkylation sites (tertiary alicyclic amines) is 1. The predicted octanol–water partition coefficient (Wildman–Crippen LogP) is 4.40. The fourth-order valence-electron chi connectivity index (χ4n) is 3.99. The van der Waals surface area contributed by atoms with Crippen molar-refractivity contribution < 1.29 is 9.59 Å². The molecule has 2 atom stereocenters. The van der Waals surface area contributed by atoms with Crippen LogP contribution in [0.25, 0.3) is 10.6 Å². The maximum Gasteiger partial charge on any atom is 0.220 e. The van der Waals surface area contributed by atoms with E-state index in [1.54, 1.807) is 23.2 Å². The molecule has 1 aliphatic heterocycles. The van der Waals surface area contributed by atoms with Crippen LogP contribution in [0.5, 0.6) is 0 Å². The van der Waals surface area contributed by atoms with Gasteiger partial charge in [0.1, 0.15) is 5.01 Å². The van der Waals surface area contributed by atoms with Crippen molar-refractivity contribution in [2.75, 3.05) is 6.54 Å². The molecular formula is C22H23N3O2S2. The lowest BCUT2D eigenvalue weighted by Gasteiger charge is -2.21. The maximum atomic E-state index is 13.1. The first-order valence-corrected chi connectivity index (χ1v) is 11.4. The number of carbonyl (C=O) groups excluding carboxylic acids is 2. The summed E-state index contributed by atoms with van der Waals surface area (Å²) in [5.74, 6) is 0.220. The normalized spacial score (nSPS) is 18.9. The lowest BCUT2D eigenvalue weighted by atomic mass is 9.95. The van der Waals surface area contributed by atoms with Crippen LogP contribution < -0.4 is 0 Å². The average molecular weight is 426 g/mol. The van der Waals surface area contributed by atoms with Crippen molar-refractivity contribution in [3.05, 3.63) is 57.0 Å². The summed E-state index contributed by atoms with van der Waals surface area (Å²) in [7, 11) is 0. The summed E-state index contributed by atoms with van der Waals surface area (Å²) in [4.78, 5) is 37.2. The van der Waals surface area contributed by atoms with Crippen molar-refractivity contribution in [1.82, 2.24) is 14.9 Å². The van der Waals surface area contributed by atoms with Crippen LogP contribution in [0, 0.1) is 13.8 Å². The van der Waals surface area contributed by atoms with Gasteiger partial charge >= 0.3 is 0 Å². The number of benzene rings is 1. The summed E-state index contributed by atoms with van der Waals surface area (Å²) < 4.78 is 0. The largest absolute Gasteiger partial charge is 0.332 e. The summed E-state index contributed by atoms with van der Waals surface area (Å²) in [6, 6.07) is 9.75. The summed E-state index contributed by atoms with van der Waals surface area (Å²) in [5, 5.41) is 3.80. The number of thiazole rings is 2. The minimum Gasteiger partial charge on any atom is -0.332 e. The van der Waals surface area contributed by atoms with Gasteiger partial charge in [-0.3, -0.25) is 9.59 Å². The highest BCUT2D eigenvalue weighted by Crippen LogP contribution is 2.34. The quantitative estimate of drug-likeness (QED) is 0.608. The highest BCUT2D eigenvalue weighted by molar-refractivity contribution is 7.16. The topological polar surface area (TPSA) is 63.2 Å². The minimum absolute atomic E-state index is 0.0441. The van der Waals surface area contributed by atoms with E-state index in [9.17, 15) is 9.59 Å². The lowest BCUT2D eigenvalue weighted by molar-refractivity contribution is -0.135. The number of Topliss-reactive ketones (excluding diaryl/α,β-unsaturated/α-hetero) is 1. The molecule has 0 spiro atoms. The van der Waals surface area contributed by atoms with E-state index in [1.165, 1.54) is 16.9 Å². The van der Waals surface area contributed by atoms with Gasteiger partial charge in [-0.2, -0.15) is 0 Å². The first kappa shape index (κ1) is 19.9. The standard InChI is InChI=1S/C22H23N3O2S2/c1-13-22(29-14(2)23-13)18-12-28-21(24-18)10-20(27)19-9-17(11-25(19)15(3)26)16-7-5-4-6-8-16/h4-8,12,17,19H,9-11H2,1-3H3/t17-,19+/m1/s1. The van der Waals surface area contributed by atoms with Gasteiger partial charge in [-0.15, -0.1) is 22.7 Å². The SMILES string of the molecule is CC(=O)N1C[C@H](c2ccccc2)C[C@H]1C(=O)Cc1nc(-c2sc(C)nc2C)cs1. The average Bonchev–Trinajstić information content (AvgIpc) is 3.40. The van der Waals surface area contributed by atoms with Crippen LogP contribution in [-0.2, 0) is 16.0 Å². The minimum atomic E-state index is -0.377. The summed E-state index contributed by atoms with van der Waals surface area (Å²) in [6.07, 6.45) is 0.936. The molecule has 0 radical (unpaired) electrons. The number of hydrogen-bond acceptors (Lipinski definition) is 6. The van der Waals surface area contributed by atoms with E-state index in [0.717, 1.165) is 26.3 Å². The van der Waals surface area contributed by atoms with Crippen LogP contribution in [0.2, 0.25) is 0 Å². The van der Waals surface area contributed by atoms with E-state index >= 15 is 0 Å². The van der Waals surface area contributed by atoms with Crippen molar-refractivity contribution in [3.8, 4) is 10.6 Å². The molecule has 1 fully saturated rings. The molecule has 0 unspecified atom stereocenters. The van der Waals surface area contributed by atoms with Gasteiger partial charge in [0, 0.05) is 24.8 Å². The van der Waals surface area contributed by atoms with Gasteiger partial charge in [0.2, 0.25) is 5.91 Å². The van der Waals surface area contributed by atoms with Gasteiger partial charge in [0.25, 0.3) is 0 Å². The molecule has 0 bridgehead atoms. The van der Waals surface area contributed by atoms with Crippen LogP contribution in [0.4, 0.5) is 0 Å². The molecule has 1 aromatic carbocycles. The Bertz CT molecular complexity index is 1040. The van der Waals surface area contributed by atoms with Crippen LogP contribution >= 0.6 is 22.7 Å². The van der Waals surface area contributed by atoms with Crippen molar-refractivity contribution in [2.24, 2.45) is 0 Å². The zero-order chi connectivity index (χ0) is 20.5. The number of hydrogen-bond donors (Lipinski definition) is 0. The fourth-order valence-corrected chi connectivity index (χ4v) is 5.74. The predicted molar refractivity (Wildman–Crippen MR) is 116 cm³/mol. The third-order valence-electron chi connectivity index (χ3n) is 5.36. The Morgan fingerprint density at radius 2 is 1.93 bits per heavy atom. The molecule has 3 heterocycles. The molecule has 0 N–H and O–H groups in total. The Hall–Kier alpha value is -2.38. The van der Waals surface area contributed by atoms with Gasteiger partial charge < -0.3 is 4.90 Å². The zero-order valence-electron chi connectivity index (χ0n) is 16.7. The molecule has 1 amide bonds. The van der Waals surface area contributed by atoms with E-state index in [2.05, 4.69) is 22.1 Å². The number of ketones is 1. The number of aromatic nitrogens is 2. The molecule has 2 aromatic heterocycles. The van der Waals surface area contributed by atoms with Gasteiger partial charge in [-0.05, 0) is 25.8 Å². The van der Waals surface area contributed by atoms with E-state index in [1.807, 2.05) is 37.4 Å². The molecule has 0 aliphatic carbocycles. The van der Waals surface area contributed by atoms with Crippen LogP contribution in [0.1, 0.15) is 40.5 Å². The first-order chi connectivity index (χ1) is 13.9. The van der Waals surface area contributed by atoms with E-state index in [4.69, 9.17) is 0 Å². The first-order valence-electron chi connectivity index (χ1n) is 9.66. The van der Waals surface area contributed by atoms with Crippen molar-refractivity contribution in [2.45, 2.75) is 45.6 Å². The molecule has 1 aliphatic rings. The van der Waals surface area contributed by atoms with Gasteiger partial charge in [0.15, 0.2) is 5.78 Å². The number of rotatable bonds is 5. The summed E-state index contributed by atoms with van der Waals surface area (Å²) in [5.41, 5.74) is 3.04. The van der Waals surface area contributed by atoms with Gasteiger partial charge in [-0.1, -0.05) is 30.3 Å². The Kier molecular flexibility index (Phi) is 5.61. The molecular weight excluding hydrogens is 402 g/mol. The van der Waals surface area contributed by atoms with E-state index in [-0.39, 0.29) is 30.1 Å². The third kappa shape index (κ3) is 4.16. The third-order valence-corrected chi connectivity index (χ3v) is 7.31. The van der Waals surface area contributed by atoms with Crippen molar-refractivity contribution >= 4 is 34.4 Å². The smallest absolute Gasteiger partial charge is 0.220 e. The van der Waals surface area contributed by atoms with Gasteiger partial charge in [-0.25, -0.2) is 9.97 Å².